The second-order valence-corrected chi connectivity index (χ2v) is 3.37. The molecule has 0 amide bonds. The normalized spacial score (nSPS) is 14.0. The van der Waals surface area contributed by atoms with Crippen LogP contribution in [0.5, 0.6) is 5.75 Å². The molecule has 0 spiro atoms. The first-order valence-corrected chi connectivity index (χ1v) is 4.75. The van der Waals surface area contributed by atoms with Crippen molar-refractivity contribution in [1.82, 2.24) is 10.2 Å². The van der Waals surface area contributed by atoms with Gasteiger partial charge in [0.15, 0.2) is 5.75 Å². The van der Waals surface area contributed by atoms with Gasteiger partial charge in [0.05, 0.1) is 0 Å². The summed E-state index contributed by atoms with van der Waals surface area (Å²) in [6, 6.07) is 9.77. The topological polar surface area (TPSA) is 50.3 Å². The number of fused-ring (bicyclic) bond motifs is 1. The smallest absolute Gasteiger partial charge is 0.161 e. The molecular formula is C11H9N3O. The number of nitrogens with one attached hydrogen (secondary N) is 1. The van der Waals surface area contributed by atoms with E-state index >= 15 is 0 Å². The number of aromatic amines is 1. The average Bonchev–Trinajstić information content (AvgIpc) is 2.82. The third-order valence-electron chi connectivity index (χ3n) is 2.38. The highest BCUT2D eigenvalue weighted by Crippen LogP contribution is 2.23. The van der Waals surface area contributed by atoms with Crippen molar-refractivity contribution in [2.24, 2.45) is 5.16 Å². The van der Waals surface area contributed by atoms with Gasteiger partial charge in [-0.3, -0.25) is 5.10 Å². The van der Waals surface area contributed by atoms with Crippen LogP contribution in [0.25, 0.3) is 0 Å². The van der Waals surface area contributed by atoms with Crippen LogP contribution in [-0.4, -0.2) is 15.9 Å². The second-order valence-electron chi connectivity index (χ2n) is 3.37. The van der Waals surface area contributed by atoms with Crippen molar-refractivity contribution in [3.05, 3.63) is 47.8 Å². The molecule has 4 heteroatoms. The SMILES string of the molecule is c1ccc2c(c1)CC(c1cc[nH]n1)=NO2. The minimum absolute atomic E-state index is 0.765. The van der Waals surface area contributed by atoms with Crippen molar-refractivity contribution in [2.45, 2.75) is 6.42 Å². The fraction of sp³-hybridized carbons (Fsp3) is 0.0909. The van der Waals surface area contributed by atoms with E-state index in [9.17, 15) is 0 Å². The van der Waals surface area contributed by atoms with Crippen LogP contribution in [0.15, 0.2) is 41.7 Å². The Morgan fingerprint density at radius 3 is 3.00 bits per heavy atom. The number of hydrogen-bond acceptors (Lipinski definition) is 3. The Bertz CT molecular complexity index is 502. The molecule has 0 aliphatic carbocycles. The molecule has 1 aromatic carbocycles. The van der Waals surface area contributed by atoms with E-state index in [2.05, 4.69) is 15.4 Å². The number of rotatable bonds is 1. The molecule has 1 aliphatic rings. The lowest BCUT2D eigenvalue weighted by molar-refractivity contribution is 0.330. The van der Waals surface area contributed by atoms with Gasteiger partial charge in [0, 0.05) is 18.2 Å². The van der Waals surface area contributed by atoms with Gasteiger partial charge >= 0.3 is 0 Å². The van der Waals surface area contributed by atoms with E-state index in [1.165, 1.54) is 0 Å². The Hall–Kier alpha value is -2.10. The van der Waals surface area contributed by atoms with Crippen LogP contribution in [0.4, 0.5) is 0 Å². The van der Waals surface area contributed by atoms with E-state index in [0.29, 0.717) is 0 Å². The molecule has 1 aromatic heterocycles. The number of benzene rings is 1. The fourth-order valence-electron chi connectivity index (χ4n) is 1.61. The number of para-hydroxylation sites is 1. The first-order valence-electron chi connectivity index (χ1n) is 4.75. The highest BCUT2D eigenvalue weighted by molar-refractivity contribution is 6.00. The molecule has 0 unspecified atom stereocenters. The zero-order valence-electron chi connectivity index (χ0n) is 7.97. The van der Waals surface area contributed by atoms with E-state index < -0.39 is 0 Å². The summed E-state index contributed by atoms with van der Waals surface area (Å²) in [4.78, 5) is 5.29. The molecule has 15 heavy (non-hydrogen) atoms. The molecular weight excluding hydrogens is 190 g/mol. The largest absolute Gasteiger partial charge is 0.356 e. The van der Waals surface area contributed by atoms with Gasteiger partial charge in [-0.15, -0.1) is 0 Å². The standard InChI is InChI=1S/C11H9N3O/c1-2-4-11-8(3-1)7-10(14-15-11)9-5-6-12-13-9/h1-6H,7H2,(H,12,13). The van der Waals surface area contributed by atoms with Crippen LogP contribution in [-0.2, 0) is 6.42 Å². The van der Waals surface area contributed by atoms with Gasteiger partial charge in [0.2, 0.25) is 0 Å². The summed E-state index contributed by atoms with van der Waals surface area (Å²) in [5.41, 5.74) is 2.84. The zero-order chi connectivity index (χ0) is 10.1. The summed E-state index contributed by atoms with van der Waals surface area (Å²) in [6.07, 6.45) is 2.54. The summed E-state index contributed by atoms with van der Waals surface area (Å²) in [5.74, 6) is 0.830. The Morgan fingerprint density at radius 1 is 1.20 bits per heavy atom. The number of aromatic nitrogens is 2. The van der Waals surface area contributed by atoms with Crippen molar-refractivity contribution in [1.29, 1.82) is 0 Å². The highest BCUT2D eigenvalue weighted by Gasteiger charge is 2.16. The number of nitrogens with zero attached hydrogens (tertiary/aromatic N) is 2. The Labute approximate surface area is 86.6 Å². The Kier molecular flexibility index (Phi) is 1.78. The zero-order valence-corrected chi connectivity index (χ0v) is 7.97. The minimum atomic E-state index is 0.765. The molecule has 3 rings (SSSR count). The highest BCUT2D eigenvalue weighted by atomic mass is 16.6. The maximum absolute atomic E-state index is 5.29. The third-order valence-corrected chi connectivity index (χ3v) is 2.38. The van der Waals surface area contributed by atoms with Crippen molar-refractivity contribution in [2.75, 3.05) is 0 Å². The van der Waals surface area contributed by atoms with Crippen molar-refractivity contribution < 1.29 is 4.84 Å². The van der Waals surface area contributed by atoms with Gasteiger partial charge in [-0.25, -0.2) is 0 Å². The maximum atomic E-state index is 5.29. The van der Waals surface area contributed by atoms with Crippen LogP contribution in [0.1, 0.15) is 11.3 Å². The second kappa shape index (κ2) is 3.24. The summed E-state index contributed by atoms with van der Waals surface area (Å²) in [5, 5.41) is 10.9. The molecule has 1 aliphatic heterocycles. The molecule has 0 fully saturated rings. The first-order chi connectivity index (χ1) is 7.43. The molecule has 2 aromatic rings. The lowest BCUT2D eigenvalue weighted by Crippen LogP contribution is -2.13. The van der Waals surface area contributed by atoms with E-state index in [0.717, 1.165) is 29.1 Å². The third kappa shape index (κ3) is 1.40. The van der Waals surface area contributed by atoms with Crippen LogP contribution >= 0.6 is 0 Å². The number of hydrogen-bond donors (Lipinski definition) is 1. The minimum Gasteiger partial charge on any atom is -0.356 e. The number of H-pyrrole nitrogens is 1. The molecule has 0 atom stereocenters. The van der Waals surface area contributed by atoms with Crippen LogP contribution in [0.3, 0.4) is 0 Å². The lowest BCUT2D eigenvalue weighted by atomic mass is 10.0. The average molecular weight is 199 g/mol. The quantitative estimate of drug-likeness (QED) is 0.760. The van der Waals surface area contributed by atoms with Crippen molar-refractivity contribution in [3.63, 3.8) is 0 Å². The Balaban J connectivity index is 1.96. The molecule has 0 bridgehead atoms. The molecule has 0 saturated carbocycles. The van der Waals surface area contributed by atoms with Crippen molar-refractivity contribution in [3.8, 4) is 5.75 Å². The Morgan fingerprint density at radius 2 is 2.13 bits per heavy atom. The molecule has 1 N–H and O–H groups in total. The molecule has 74 valence electrons. The van der Waals surface area contributed by atoms with Crippen molar-refractivity contribution >= 4 is 5.71 Å². The predicted octanol–water partition coefficient (Wildman–Crippen LogP) is 1.75. The lowest BCUT2D eigenvalue weighted by Gasteiger charge is -2.13. The first kappa shape index (κ1) is 8.23. The summed E-state index contributed by atoms with van der Waals surface area (Å²) < 4.78 is 0. The van der Waals surface area contributed by atoms with Crippen LogP contribution < -0.4 is 4.84 Å². The molecule has 0 radical (unpaired) electrons. The molecule has 2 heterocycles. The van der Waals surface area contributed by atoms with E-state index in [4.69, 9.17) is 4.84 Å². The summed E-state index contributed by atoms with van der Waals surface area (Å²) >= 11 is 0. The summed E-state index contributed by atoms with van der Waals surface area (Å²) in [6.45, 7) is 0. The maximum Gasteiger partial charge on any atom is 0.161 e. The van der Waals surface area contributed by atoms with E-state index in [-0.39, 0.29) is 0 Å². The summed E-state index contributed by atoms with van der Waals surface area (Å²) in [7, 11) is 0. The predicted molar refractivity (Wildman–Crippen MR) is 55.9 cm³/mol. The fourth-order valence-corrected chi connectivity index (χ4v) is 1.61. The van der Waals surface area contributed by atoms with Crippen LogP contribution in [0, 0.1) is 0 Å². The van der Waals surface area contributed by atoms with Gasteiger partial charge in [-0.2, -0.15) is 5.10 Å². The molecule has 0 saturated heterocycles. The van der Waals surface area contributed by atoms with Gasteiger partial charge in [0.1, 0.15) is 11.4 Å². The number of oxime groups is 1. The van der Waals surface area contributed by atoms with Gasteiger partial charge in [-0.1, -0.05) is 23.4 Å². The van der Waals surface area contributed by atoms with Crippen LogP contribution in [0.2, 0.25) is 0 Å². The van der Waals surface area contributed by atoms with Gasteiger partial charge in [0.25, 0.3) is 0 Å². The monoisotopic (exact) mass is 199 g/mol. The van der Waals surface area contributed by atoms with E-state index in [1.54, 1.807) is 6.20 Å². The van der Waals surface area contributed by atoms with Gasteiger partial charge < -0.3 is 4.84 Å². The molecule has 4 nitrogen and oxygen atoms in total. The van der Waals surface area contributed by atoms with E-state index in [1.807, 2.05) is 30.3 Å². The van der Waals surface area contributed by atoms with Gasteiger partial charge in [-0.05, 0) is 12.1 Å².